The van der Waals surface area contributed by atoms with Crippen LogP contribution in [0.4, 0.5) is 0 Å². The molecule has 0 fully saturated rings. The van der Waals surface area contributed by atoms with Crippen molar-refractivity contribution in [3.8, 4) is 0 Å². The molecule has 0 aromatic rings. The van der Waals surface area contributed by atoms with Gasteiger partial charge >= 0.3 is 0 Å². The monoisotopic (exact) mass is 219 g/mol. The second-order valence-corrected chi connectivity index (χ2v) is 3.67. The summed E-state index contributed by atoms with van der Waals surface area (Å²) >= 11 is 0. The van der Waals surface area contributed by atoms with E-state index in [0.29, 0.717) is 12.8 Å². The molecular weight excluding hydrogens is 198 g/mol. The van der Waals surface area contributed by atoms with E-state index in [9.17, 15) is 15.0 Å². The van der Waals surface area contributed by atoms with E-state index in [1.165, 1.54) is 6.92 Å². The van der Waals surface area contributed by atoms with Crippen LogP contribution in [-0.4, -0.2) is 45.6 Å². The van der Waals surface area contributed by atoms with Crippen LogP contribution in [0.5, 0.6) is 0 Å². The molecule has 0 radical (unpaired) electrons. The topological polar surface area (TPSA) is 89.8 Å². The molecule has 0 aromatic heterocycles. The average molecular weight is 219 g/mol. The quantitative estimate of drug-likeness (QED) is 0.480. The molecule has 0 aromatic carbocycles. The Morgan fingerprint density at radius 3 is 2.07 bits per heavy atom. The maximum atomic E-state index is 11.2. The molecule has 0 heterocycles. The predicted molar refractivity (Wildman–Crippen MR) is 56.2 cm³/mol. The molecule has 0 aliphatic rings. The maximum absolute atomic E-state index is 11.2. The fourth-order valence-electron chi connectivity index (χ4n) is 1.24. The van der Waals surface area contributed by atoms with E-state index in [0.717, 1.165) is 0 Å². The first-order valence-electron chi connectivity index (χ1n) is 5.28. The van der Waals surface area contributed by atoms with Crippen molar-refractivity contribution in [2.45, 2.75) is 58.0 Å². The number of carbonyl (C=O) groups excluding carboxylic acids is 1. The molecule has 0 saturated carbocycles. The van der Waals surface area contributed by atoms with Crippen molar-refractivity contribution in [2.75, 3.05) is 0 Å². The van der Waals surface area contributed by atoms with Gasteiger partial charge in [0.2, 0.25) is 5.91 Å². The fourth-order valence-corrected chi connectivity index (χ4v) is 1.24. The lowest BCUT2D eigenvalue weighted by atomic mass is 10.0. The van der Waals surface area contributed by atoms with E-state index < -0.39 is 30.3 Å². The largest absolute Gasteiger partial charge is 0.390 e. The van der Waals surface area contributed by atoms with Gasteiger partial charge in [0.15, 0.2) is 0 Å². The molecule has 5 heteroatoms. The second kappa shape index (κ2) is 6.76. The molecule has 0 saturated heterocycles. The van der Waals surface area contributed by atoms with Crippen molar-refractivity contribution in [2.24, 2.45) is 0 Å². The summed E-state index contributed by atoms with van der Waals surface area (Å²) in [6.07, 6.45) is -2.05. The number of rotatable bonds is 6. The summed E-state index contributed by atoms with van der Waals surface area (Å²) < 4.78 is 0. The van der Waals surface area contributed by atoms with Crippen LogP contribution in [0.3, 0.4) is 0 Å². The van der Waals surface area contributed by atoms with E-state index in [1.807, 2.05) is 0 Å². The molecule has 0 aliphatic heterocycles. The van der Waals surface area contributed by atoms with Crippen molar-refractivity contribution in [1.82, 2.24) is 5.32 Å². The highest BCUT2D eigenvalue weighted by Crippen LogP contribution is 2.07. The summed E-state index contributed by atoms with van der Waals surface area (Å²) in [7, 11) is 0. The molecule has 0 aliphatic carbocycles. The van der Waals surface area contributed by atoms with E-state index in [2.05, 4.69) is 5.32 Å². The van der Waals surface area contributed by atoms with Crippen molar-refractivity contribution in [3.63, 3.8) is 0 Å². The van der Waals surface area contributed by atoms with Crippen molar-refractivity contribution in [1.29, 1.82) is 0 Å². The van der Waals surface area contributed by atoms with Crippen LogP contribution in [0.25, 0.3) is 0 Å². The summed E-state index contributed by atoms with van der Waals surface area (Å²) in [5, 5.41) is 30.5. The molecule has 4 N–H and O–H groups in total. The third-order valence-electron chi connectivity index (χ3n) is 2.37. The van der Waals surface area contributed by atoms with E-state index >= 15 is 0 Å². The highest BCUT2D eigenvalue weighted by molar-refractivity contribution is 5.80. The summed E-state index contributed by atoms with van der Waals surface area (Å²) in [5.41, 5.74) is 0. The smallest absolute Gasteiger partial charge is 0.248 e. The minimum Gasteiger partial charge on any atom is -0.390 e. The molecule has 0 rings (SSSR count). The van der Waals surface area contributed by atoms with Gasteiger partial charge in [-0.15, -0.1) is 0 Å². The zero-order chi connectivity index (χ0) is 12.0. The average Bonchev–Trinajstić information content (AvgIpc) is 2.23. The lowest BCUT2D eigenvalue weighted by Gasteiger charge is -2.26. The molecule has 90 valence electrons. The lowest BCUT2D eigenvalue weighted by Crippen LogP contribution is -2.50. The number of hydrogen-bond acceptors (Lipinski definition) is 4. The van der Waals surface area contributed by atoms with Crippen molar-refractivity contribution >= 4 is 5.91 Å². The van der Waals surface area contributed by atoms with Crippen LogP contribution in [0.2, 0.25) is 0 Å². The summed E-state index contributed by atoms with van der Waals surface area (Å²) in [4.78, 5) is 11.2. The SMILES string of the molecule is CCC(O)C(O)C(CC)NC(=O)C(C)O. The molecule has 5 nitrogen and oxygen atoms in total. The first-order chi connectivity index (χ1) is 6.93. The van der Waals surface area contributed by atoms with Crippen molar-refractivity contribution in [3.05, 3.63) is 0 Å². The van der Waals surface area contributed by atoms with Gasteiger partial charge in [-0.3, -0.25) is 4.79 Å². The van der Waals surface area contributed by atoms with Gasteiger partial charge in [0, 0.05) is 0 Å². The van der Waals surface area contributed by atoms with Gasteiger partial charge in [-0.25, -0.2) is 0 Å². The van der Waals surface area contributed by atoms with Gasteiger partial charge < -0.3 is 20.6 Å². The Hall–Kier alpha value is -0.650. The van der Waals surface area contributed by atoms with Gasteiger partial charge in [0.05, 0.1) is 18.2 Å². The first kappa shape index (κ1) is 14.3. The van der Waals surface area contributed by atoms with Gasteiger partial charge in [-0.2, -0.15) is 0 Å². The Bertz CT molecular complexity index is 196. The lowest BCUT2D eigenvalue weighted by molar-refractivity contribution is -0.130. The molecular formula is C10H21NO4. The van der Waals surface area contributed by atoms with Gasteiger partial charge in [-0.05, 0) is 19.8 Å². The number of amides is 1. The zero-order valence-corrected chi connectivity index (χ0v) is 9.47. The Kier molecular flexibility index (Phi) is 6.47. The maximum Gasteiger partial charge on any atom is 0.248 e. The second-order valence-electron chi connectivity index (χ2n) is 3.67. The molecule has 4 atom stereocenters. The molecule has 0 bridgehead atoms. The standard InChI is InChI=1S/C10H21NO4/c1-4-7(9(14)8(13)5-2)11-10(15)6(3)12/h6-9,12-14H,4-5H2,1-3H3,(H,11,15). The van der Waals surface area contributed by atoms with Crippen LogP contribution >= 0.6 is 0 Å². The zero-order valence-electron chi connectivity index (χ0n) is 9.47. The minimum atomic E-state index is -1.11. The predicted octanol–water partition coefficient (Wildman–Crippen LogP) is -0.606. The van der Waals surface area contributed by atoms with Crippen LogP contribution in [0, 0.1) is 0 Å². The number of nitrogens with one attached hydrogen (secondary N) is 1. The number of aliphatic hydroxyl groups excluding tert-OH is 3. The van der Waals surface area contributed by atoms with Crippen LogP contribution in [0.15, 0.2) is 0 Å². The Labute approximate surface area is 90.1 Å². The minimum absolute atomic E-state index is 0.419. The summed E-state index contributed by atoms with van der Waals surface area (Å²) in [5.74, 6) is -0.538. The molecule has 4 unspecified atom stereocenters. The Balaban J connectivity index is 4.30. The summed E-state index contributed by atoms with van der Waals surface area (Å²) in [6.45, 7) is 4.89. The number of aliphatic hydroxyl groups is 3. The molecule has 0 spiro atoms. The fraction of sp³-hybridized carbons (Fsp3) is 0.900. The normalized spacial score (nSPS) is 19.1. The number of hydrogen-bond donors (Lipinski definition) is 4. The third-order valence-corrected chi connectivity index (χ3v) is 2.37. The number of carbonyl (C=O) groups is 1. The van der Waals surface area contributed by atoms with Gasteiger partial charge in [0.25, 0.3) is 0 Å². The Morgan fingerprint density at radius 2 is 1.73 bits per heavy atom. The molecule has 15 heavy (non-hydrogen) atoms. The third kappa shape index (κ3) is 4.59. The van der Waals surface area contributed by atoms with Gasteiger partial charge in [0.1, 0.15) is 6.10 Å². The van der Waals surface area contributed by atoms with Gasteiger partial charge in [-0.1, -0.05) is 13.8 Å². The summed E-state index contributed by atoms with van der Waals surface area (Å²) in [6, 6.07) is -0.526. The molecule has 1 amide bonds. The van der Waals surface area contributed by atoms with E-state index in [-0.39, 0.29) is 0 Å². The highest BCUT2D eigenvalue weighted by Gasteiger charge is 2.26. The highest BCUT2D eigenvalue weighted by atomic mass is 16.3. The first-order valence-corrected chi connectivity index (χ1v) is 5.28. The van der Waals surface area contributed by atoms with Crippen molar-refractivity contribution < 1.29 is 20.1 Å². The van der Waals surface area contributed by atoms with E-state index in [1.54, 1.807) is 13.8 Å². The van der Waals surface area contributed by atoms with Crippen LogP contribution in [-0.2, 0) is 4.79 Å². The Morgan fingerprint density at radius 1 is 1.20 bits per heavy atom. The van der Waals surface area contributed by atoms with Crippen LogP contribution < -0.4 is 5.32 Å². The van der Waals surface area contributed by atoms with Crippen LogP contribution in [0.1, 0.15) is 33.6 Å². The van der Waals surface area contributed by atoms with E-state index in [4.69, 9.17) is 5.11 Å².